The summed E-state index contributed by atoms with van der Waals surface area (Å²) in [5.74, 6) is -0.0695. The monoisotopic (exact) mass is 376 g/mol. The third-order valence-electron chi connectivity index (χ3n) is 4.00. The third kappa shape index (κ3) is 3.34. The van der Waals surface area contributed by atoms with Crippen molar-refractivity contribution in [1.82, 2.24) is 14.8 Å². The molecule has 0 saturated heterocycles. The zero-order valence-corrected chi connectivity index (χ0v) is 15.9. The van der Waals surface area contributed by atoms with E-state index in [-0.39, 0.29) is 11.8 Å². The molecule has 1 N–H and O–H groups in total. The maximum atomic E-state index is 12.9. The van der Waals surface area contributed by atoms with Gasteiger partial charge < -0.3 is 5.32 Å². The Bertz CT molecular complexity index is 979. The smallest absolute Gasteiger partial charge is 0.256 e. The molecule has 0 aliphatic rings. The van der Waals surface area contributed by atoms with Crippen LogP contribution in [0.5, 0.6) is 0 Å². The highest BCUT2D eigenvalue weighted by Crippen LogP contribution is 2.28. The molecule has 5 nitrogen and oxygen atoms in total. The van der Waals surface area contributed by atoms with Crippen molar-refractivity contribution >= 4 is 45.8 Å². The van der Waals surface area contributed by atoms with Gasteiger partial charge in [-0.15, -0.1) is 0 Å². The first-order valence-corrected chi connectivity index (χ1v) is 8.64. The molecule has 2 heterocycles. The average molecular weight is 377 g/mol. The number of benzene rings is 1. The standard InChI is InChI=1S/C18H18Cl2N4O/c1-9(2)15-8-12(16-10(3)23-24(4)17(16)21-15)18(25)22-14-6-5-11(19)7-13(14)20/h5-9H,1-4H3,(H,22,25). The number of pyridine rings is 1. The summed E-state index contributed by atoms with van der Waals surface area (Å²) in [5, 5.41) is 8.90. The van der Waals surface area contributed by atoms with Crippen molar-refractivity contribution in [2.45, 2.75) is 26.7 Å². The van der Waals surface area contributed by atoms with Gasteiger partial charge in [-0.25, -0.2) is 4.98 Å². The molecule has 2 aromatic heterocycles. The SMILES string of the molecule is Cc1nn(C)c2nc(C(C)C)cc(C(=O)Nc3ccc(Cl)cc3Cl)c12. The van der Waals surface area contributed by atoms with Gasteiger partial charge in [-0.05, 0) is 37.1 Å². The second-order valence-electron chi connectivity index (χ2n) is 6.24. The van der Waals surface area contributed by atoms with Crippen molar-refractivity contribution in [2.75, 3.05) is 5.32 Å². The average Bonchev–Trinajstić information content (AvgIpc) is 2.83. The largest absolute Gasteiger partial charge is 0.321 e. The van der Waals surface area contributed by atoms with Gasteiger partial charge in [0.2, 0.25) is 0 Å². The van der Waals surface area contributed by atoms with Gasteiger partial charge in [0.1, 0.15) is 0 Å². The molecule has 0 aliphatic carbocycles. The van der Waals surface area contributed by atoms with E-state index in [1.807, 2.05) is 33.9 Å². The minimum absolute atomic E-state index is 0.185. The first-order chi connectivity index (χ1) is 11.8. The molecule has 130 valence electrons. The molecular weight excluding hydrogens is 359 g/mol. The number of aryl methyl sites for hydroxylation is 2. The molecule has 0 fully saturated rings. The Morgan fingerprint density at radius 3 is 2.60 bits per heavy atom. The van der Waals surface area contributed by atoms with Gasteiger partial charge in [0.15, 0.2) is 5.65 Å². The molecule has 3 aromatic rings. The first kappa shape index (κ1) is 17.7. The Labute approximate surface area is 156 Å². The molecule has 3 rings (SSSR count). The highest BCUT2D eigenvalue weighted by molar-refractivity contribution is 6.37. The molecule has 1 aromatic carbocycles. The number of halogens is 2. The van der Waals surface area contributed by atoms with Gasteiger partial charge in [0.05, 0.1) is 27.4 Å². The summed E-state index contributed by atoms with van der Waals surface area (Å²) < 4.78 is 1.70. The number of amides is 1. The molecule has 0 aliphatic heterocycles. The van der Waals surface area contributed by atoms with E-state index in [1.165, 1.54) is 0 Å². The summed E-state index contributed by atoms with van der Waals surface area (Å²) in [7, 11) is 1.82. The van der Waals surface area contributed by atoms with Crippen LogP contribution in [0.25, 0.3) is 11.0 Å². The maximum Gasteiger partial charge on any atom is 0.256 e. The fourth-order valence-corrected chi connectivity index (χ4v) is 3.18. The lowest BCUT2D eigenvalue weighted by Crippen LogP contribution is -2.14. The summed E-state index contributed by atoms with van der Waals surface area (Å²) in [6.07, 6.45) is 0. The Morgan fingerprint density at radius 2 is 1.96 bits per heavy atom. The van der Waals surface area contributed by atoms with E-state index in [0.717, 1.165) is 16.8 Å². The number of hydrogen-bond donors (Lipinski definition) is 1. The predicted octanol–water partition coefficient (Wildman–Crippen LogP) is 4.96. The summed E-state index contributed by atoms with van der Waals surface area (Å²) in [6.45, 7) is 5.94. The first-order valence-electron chi connectivity index (χ1n) is 7.88. The lowest BCUT2D eigenvalue weighted by atomic mass is 10.0. The maximum absolute atomic E-state index is 12.9. The number of carbonyl (C=O) groups is 1. The van der Waals surface area contributed by atoms with E-state index < -0.39 is 0 Å². The molecular formula is C18H18Cl2N4O. The van der Waals surface area contributed by atoms with Crippen molar-refractivity contribution in [3.63, 3.8) is 0 Å². The quantitative estimate of drug-likeness (QED) is 0.702. The molecule has 7 heteroatoms. The Balaban J connectivity index is 2.11. The summed E-state index contributed by atoms with van der Waals surface area (Å²) >= 11 is 12.1. The fraction of sp³-hybridized carbons (Fsp3) is 0.278. The summed E-state index contributed by atoms with van der Waals surface area (Å²) in [5.41, 5.74) is 3.32. The zero-order valence-electron chi connectivity index (χ0n) is 14.4. The molecule has 0 saturated carbocycles. The van der Waals surface area contributed by atoms with Gasteiger partial charge in [-0.3, -0.25) is 9.48 Å². The highest BCUT2D eigenvalue weighted by atomic mass is 35.5. The van der Waals surface area contributed by atoms with Crippen LogP contribution in [0, 0.1) is 6.92 Å². The predicted molar refractivity (Wildman–Crippen MR) is 102 cm³/mol. The molecule has 0 spiro atoms. The number of aromatic nitrogens is 3. The van der Waals surface area contributed by atoms with Crippen LogP contribution in [0.1, 0.15) is 41.5 Å². The van der Waals surface area contributed by atoms with Crippen LogP contribution in [-0.4, -0.2) is 20.7 Å². The van der Waals surface area contributed by atoms with Crippen LogP contribution in [-0.2, 0) is 7.05 Å². The molecule has 0 radical (unpaired) electrons. The van der Waals surface area contributed by atoms with Crippen LogP contribution in [0.15, 0.2) is 24.3 Å². The Morgan fingerprint density at radius 1 is 1.24 bits per heavy atom. The van der Waals surface area contributed by atoms with Crippen molar-refractivity contribution in [2.24, 2.45) is 7.05 Å². The van der Waals surface area contributed by atoms with Gasteiger partial charge >= 0.3 is 0 Å². The summed E-state index contributed by atoms with van der Waals surface area (Å²) in [4.78, 5) is 17.6. The molecule has 0 bridgehead atoms. The lowest BCUT2D eigenvalue weighted by Gasteiger charge is -2.12. The number of fused-ring (bicyclic) bond motifs is 1. The van der Waals surface area contributed by atoms with E-state index in [9.17, 15) is 4.79 Å². The van der Waals surface area contributed by atoms with Crippen LogP contribution < -0.4 is 5.32 Å². The summed E-state index contributed by atoms with van der Waals surface area (Å²) in [6, 6.07) is 6.77. The van der Waals surface area contributed by atoms with Gasteiger partial charge in [0.25, 0.3) is 5.91 Å². The van der Waals surface area contributed by atoms with Crippen LogP contribution in [0.3, 0.4) is 0 Å². The molecule has 1 amide bonds. The number of nitrogens with one attached hydrogen (secondary N) is 1. The minimum atomic E-state index is -0.255. The van der Waals surface area contributed by atoms with E-state index in [0.29, 0.717) is 26.9 Å². The number of anilines is 1. The van der Waals surface area contributed by atoms with E-state index in [1.54, 1.807) is 22.9 Å². The van der Waals surface area contributed by atoms with Crippen LogP contribution >= 0.6 is 23.2 Å². The molecule has 25 heavy (non-hydrogen) atoms. The minimum Gasteiger partial charge on any atom is -0.321 e. The Kier molecular flexibility index (Phi) is 4.71. The van der Waals surface area contributed by atoms with E-state index in [2.05, 4.69) is 15.4 Å². The van der Waals surface area contributed by atoms with Crippen molar-refractivity contribution in [3.8, 4) is 0 Å². The number of nitrogens with zero attached hydrogens (tertiary/aromatic N) is 3. The van der Waals surface area contributed by atoms with Crippen molar-refractivity contribution in [3.05, 3.63) is 51.3 Å². The Hall–Kier alpha value is -2.11. The van der Waals surface area contributed by atoms with E-state index in [4.69, 9.17) is 23.2 Å². The van der Waals surface area contributed by atoms with Crippen LogP contribution in [0.4, 0.5) is 5.69 Å². The fourth-order valence-electron chi connectivity index (χ4n) is 2.72. The topological polar surface area (TPSA) is 59.8 Å². The molecule has 0 atom stereocenters. The van der Waals surface area contributed by atoms with E-state index >= 15 is 0 Å². The lowest BCUT2D eigenvalue weighted by molar-refractivity contribution is 0.102. The second kappa shape index (κ2) is 6.65. The van der Waals surface area contributed by atoms with Gasteiger partial charge in [-0.1, -0.05) is 37.0 Å². The van der Waals surface area contributed by atoms with Gasteiger partial charge in [0, 0.05) is 17.8 Å². The van der Waals surface area contributed by atoms with Crippen molar-refractivity contribution in [1.29, 1.82) is 0 Å². The number of hydrogen-bond acceptors (Lipinski definition) is 3. The van der Waals surface area contributed by atoms with Gasteiger partial charge in [-0.2, -0.15) is 5.10 Å². The number of rotatable bonds is 3. The highest BCUT2D eigenvalue weighted by Gasteiger charge is 2.20. The zero-order chi connectivity index (χ0) is 18.3. The molecule has 0 unspecified atom stereocenters. The number of carbonyl (C=O) groups excluding carboxylic acids is 1. The van der Waals surface area contributed by atoms with Crippen molar-refractivity contribution < 1.29 is 4.79 Å². The second-order valence-corrected chi connectivity index (χ2v) is 7.08. The normalized spacial score (nSPS) is 11.3. The third-order valence-corrected chi connectivity index (χ3v) is 4.55. The van der Waals surface area contributed by atoms with Crippen LogP contribution in [0.2, 0.25) is 10.0 Å².